The Morgan fingerprint density at radius 2 is 1.71 bits per heavy atom. The van der Waals surface area contributed by atoms with E-state index in [4.69, 9.17) is 4.74 Å². The first-order chi connectivity index (χ1) is 11.2. The molecule has 1 aliphatic heterocycles. The quantitative estimate of drug-likeness (QED) is 0.870. The van der Waals surface area contributed by atoms with Crippen LogP contribution in [0.25, 0.3) is 0 Å². The van der Waals surface area contributed by atoms with Crippen LogP contribution in [0.5, 0.6) is 0 Å². The van der Waals surface area contributed by atoms with Gasteiger partial charge >= 0.3 is 12.1 Å². The molecule has 0 radical (unpaired) electrons. The van der Waals surface area contributed by atoms with E-state index in [1.165, 1.54) is 0 Å². The number of carbonyl (C=O) groups is 2. The normalized spacial score (nSPS) is 15.8. The molecule has 0 aromatic heterocycles. The molecule has 0 spiro atoms. The zero-order valence-electron chi connectivity index (χ0n) is 14.9. The van der Waals surface area contributed by atoms with Gasteiger partial charge in [-0.1, -0.05) is 17.7 Å². The van der Waals surface area contributed by atoms with Crippen molar-refractivity contribution in [1.29, 1.82) is 0 Å². The van der Waals surface area contributed by atoms with Gasteiger partial charge in [-0.3, -0.25) is 0 Å². The number of aryl methyl sites for hydroxylation is 1. The van der Waals surface area contributed by atoms with Crippen molar-refractivity contribution in [3.05, 3.63) is 29.8 Å². The largest absolute Gasteiger partial charge is 0.444 e. The third-order valence-corrected chi connectivity index (χ3v) is 3.81. The van der Waals surface area contributed by atoms with Crippen molar-refractivity contribution < 1.29 is 14.3 Å². The average molecular weight is 333 g/mol. The molecular formula is C18H27N3O3. The third kappa shape index (κ3) is 5.76. The summed E-state index contributed by atoms with van der Waals surface area (Å²) in [4.78, 5) is 25.8. The Morgan fingerprint density at radius 1 is 1.12 bits per heavy atom. The Hall–Kier alpha value is -2.24. The zero-order chi connectivity index (χ0) is 17.7. The Kier molecular flexibility index (Phi) is 5.70. The molecule has 24 heavy (non-hydrogen) atoms. The number of carbonyl (C=O) groups excluding carboxylic acids is 2. The van der Waals surface area contributed by atoms with Crippen LogP contribution in [0, 0.1) is 6.92 Å². The van der Waals surface area contributed by atoms with E-state index in [0.29, 0.717) is 13.1 Å². The van der Waals surface area contributed by atoms with Crippen LogP contribution < -0.4 is 10.6 Å². The summed E-state index contributed by atoms with van der Waals surface area (Å²) in [6.07, 6.45) is 1.05. The lowest BCUT2D eigenvalue weighted by Gasteiger charge is -2.32. The molecule has 3 amide bonds. The Morgan fingerprint density at radius 3 is 2.25 bits per heavy atom. The molecule has 1 heterocycles. The summed E-state index contributed by atoms with van der Waals surface area (Å²) >= 11 is 0. The lowest BCUT2D eigenvalue weighted by molar-refractivity contribution is 0.0486. The van der Waals surface area contributed by atoms with Crippen LogP contribution in [0.1, 0.15) is 39.2 Å². The van der Waals surface area contributed by atoms with Crippen LogP contribution in [0.2, 0.25) is 0 Å². The fraction of sp³-hybridized carbons (Fsp3) is 0.556. The molecule has 1 fully saturated rings. The van der Waals surface area contributed by atoms with Gasteiger partial charge in [0.05, 0.1) is 0 Å². The molecule has 1 aromatic carbocycles. The Bertz CT molecular complexity index is 570. The van der Waals surface area contributed by atoms with Crippen molar-refractivity contribution in [2.45, 2.75) is 52.2 Å². The zero-order valence-corrected chi connectivity index (χ0v) is 14.9. The molecule has 2 N–H and O–H groups in total. The second-order valence-corrected chi connectivity index (χ2v) is 7.20. The topological polar surface area (TPSA) is 70.7 Å². The highest BCUT2D eigenvalue weighted by molar-refractivity contribution is 5.89. The maximum atomic E-state index is 12.3. The number of rotatable bonds is 2. The summed E-state index contributed by atoms with van der Waals surface area (Å²) < 4.78 is 5.26. The highest BCUT2D eigenvalue weighted by Gasteiger charge is 2.25. The summed E-state index contributed by atoms with van der Waals surface area (Å²) in [5.74, 6) is 0. The number of benzene rings is 1. The number of amides is 3. The van der Waals surface area contributed by atoms with Crippen molar-refractivity contribution in [1.82, 2.24) is 10.2 Å². The predicted octanol–water partition coefficient (Wildman–Crippen LogP) is 3.52. The van der Waals surface area contributed by atoms with Crippen molar-refractivity contribution >= 4 is 17.8 Å². The summed E-state index contributed by atoms with van der Waals surface area (Å²) in [6.45, 7) is 8.74. The fourth-order valence-corrected chi connectivity index (χ4v) is 2.54. The van der Waals surface area contributed by atoms with Gasteiger partial charge in [-0.05, 0) is 52.7 Å². The van der Waals surface area contributed by atoms with Gasteiger partial charge in [-0.25, -0.2) is 9.59 Å². The standard InChI is InChI=1S/C18H27N3O3/c1-13-5-7-14(8-6-13)19-16(22)21-11-9-15(10-12-21)20-17(23)24-18(2,3)4/h5-8,15H,9-12H2,1-4H3,(H,19,22)(H,20,23). The smallest absolute Gasteiger partial charge is 0.407 e. The molecular weight excluding hydrogens is 306 g/mol. The highest BCUT2D eigenvalue weighted by Crippen LogP contribution is 2.15. The number of nitrogens with one attached hydrogen (secondary N) is 2. The number of hydrogen-bond donors (Lipinski definition) is 2. The third-order valence-electron chi connectivity index (χ3n) is 3.81. The molecule has 1 saturated heterocycles. The number of piperidine rings is 1. The van der Waals surface area contributed by atoms with Crippen LogP contribution >= 0.6 is 0 Å². The average Bonchev–Trinajstić information content (AvgIpc) is 2.48. The van der Waals surface area contributed by atoms with Crippen LogP contribution in [0.15, 0.2) is 24.3 Å². The molecule has 6 nitrogen and oxygen atoms in total. The van der Waals surface area contributed by atoms with Crippen molar-refractivity contribution in [2.24, 2.45) is 0 Å². The van der Waals surface area contributed by atoms with E-state index < -0.39 is 11.7 Å². The number of urea groups is 1. The van der Waals surface area contributed by atoms with Crippen molar-refractivity contribution in [3.8, 4) is 0 Å². The van der Waals surface area contributed by atoms with Gasteiger partial charge in [0.25, 0.3) is 0 Å². The lowest BCUT2D eigenvalue weighted by Crippen LogP contribution is -2.48. The first kappa shape index (κ1) is 18.1. The SMILES string of the molecule is Cc1ccc(NC(=O)N2CCC(NC(=O)OC(C)(C)C)CC2)cc1. The van der Waals surface area contributed by atoms with E-state index in [0.717, 1.165) is 24.1 Å². The number of ether oxygens (including phenoxy) is 1. The van der Waals surface area contributed by atoms with Gasteiger partial charge in [-0.15, -0.1) is 0 Å². The second-order valence-electron chi connectivity index (χ2n) is 7.20. The summed E-state index contributed by atoms with van der Waals surface area (Å²) in [7, 11) is 0. The number of nitrogens with zero attached hydrogens (tertiary/aromatic N) is 1. The monoisotopic (exact) mass is 333 g/mol. The van der Waals surface area contributed by atoms with E-state index in [1.54, 1.807) is 4.90 Å². The molecule has 0 saturated carbocycles. The van der Waals surface area contributed by atoms with E-state index in [2.05, 4.69) is 10.6 Å². The summed E-state index contributed by atoms with van der Waals surface area (Å²) in [5, 5.41) is 5.77. The molecule has 1 aliphatic rings. The second kappa shape index (κ2) is 7.55. The molecule has 1 aromatic rings. The minimum atomic E-state index is -0.501. The van der Waals surface area contributed by atoms with E-state index in [9.17, 15) is 9.59 Å². The molecule has 0 aliphatic carbocycles. The number of alkyl carbamates (subject to hydrolysis) is 1. The molecule has 6 heteroatoms. The minimum absolute atomic E-state index is 0.0447. The van der Waals surface area contributed by atoms with Crippen LogP contribution in [0.4, 0.5) is 15.3 Å². The van der Waals surface area contributed by atoms with Gasteiger partial charge in [0.1, 0.15) is 5.60 Å². The van der Waals surface area contributed by atoms with Crippen LogP contribution in [0.3, 0.4) is 0 Å². The molecule has 0 atom stereocenters. The Labute approximate surface area is 143 Å². The van der Waals surface area contributed by atoms with Gasteiger partial charge in [0.2, 0.25) is 0 Å². The maximum Gasteiger partial charge on any atom is 0.407 e. The minimum Gasteiger partial charge on any atom is -0.444 e. The van der Waals surface area contributed by atoms with Gasteiger partial charge in [-0.2, -0.15) is 0 Å². The first-order valence-electron chi connectivity index (χ1n) is 8.35. The van der Waals surface area contributed by atoms with Gasteiger partial charge in [0.15, 0.2) is 0 Å². The lowest BCUT2D eigenvalue weighted by atomic mass is 10.1. The van der Waals surface area contributed by atoms with Gasteiger partial charge < -0.3 is 20.3 Å². The van der Waals surface area contributed by atoms with Crippen molar-refractivity contribution in [3.63, 3.8) is 0 Å². The van der Waals surface area contributed by atoms with E-state index >= 15 is 0 Å². The molecule has 132 valence electrons. The summed E-state index contributed by atoms with van der Waals surface area (Å²) in [6, 6.07) is 7.66. The fourth-order valence-electron chi connectivity index (χ4n) is 2.54. The van der Waals surface area contributed by atoms with Gasteiger partial charge in [0, 0.05) is 24.8 Å². The maximum absolute atomic E-state index is 12.3. The number of likely N-dealkylation sites (tertiary alicyclic amines) is 1. The van der Waals surface area contributed by atoms with Crippen molar-refractivity contribution in [2.75, 3.05) is 18.4 Å². The summed E-state index contributed by atoms with van der Waals surface area (Å²) in [5.41, 5.74) is 1.44. The number of hydrogen-bond acceptors (Lipinski definition) is 3. The predicted molar refractivity (Wildman–Crippen MR) is 94.2 cm³/mol. The van der Waals surface area contributed by atoms with Crippen LogP contribution in [-0.2, 0) is 4.74 Å². The highest BCUT2D eigenvalue weighted by atomic mass is 16.6. The van der Waals surface area contributed by atoms with E-state index in [1.807, 2.05) is 52.0 Å². The first-order valence-corrected chi connectivity index (χ1v) is 8.35. The molecule has 0 unspecified atom stereocenters. The van der Waals surface area contributed by atoms with Crippen LogP contribution in [-0.4, -0.2) is 41.8 Å². The van der Waals surface area contributed by atoms with E-state index in [-0.39, 0.29) is 12.1 Å². The Balaban J connectivity index is 1.76. The number of anilines is 1. The molecule has 2 rings (SSSR count). The molecule has 0 bridgehead atoms.